The van der Waals surface area contributed by atoms with E-state index < -0.39 is 17.7 Å². The van der Waals surface area contributed by atoms with Crippen molar-refractivity contribution in [2.45, 2.75) is 37.8 Å². The lowest BCUT2D eigenvalue weighted by Gasteiger charge is -2.32. The van der Waals surface area contributed by atoms with Crippen LogP contribution in [-0.4, -0.2) is 65.5 Å². The Balaban J connectivity index is 0.000000383. The molecule has 3 heterocycles. The van der Waals surface area contributed by atoms with E-state index in [9.17, 15) is 28.2 Å². The van der Waals surface area contributed by atoms with Gasteiger partial charge >= 0.3 is 12.1 Å². The normalized spacial score (nSPS) is 15.7. The molecule has 0 radical (unpaired) electrons. The lowest BCUT2D eigenvalue weighted by atomic mass is 9.92. The average Bonchev–Trinajstić information content (AvgIpc) is 3.21. The largest absolute Gasteiger partial charge is 0.490 e. The highest BCUT2D eigenvalue weighted by atomic mass is 19.4. The molecule has 0 unspecified atom stereocenters. The maximum atomic E-state index is 12.8. The van der Waals surface area contributed by atoms with E-state index in [2.05, 4.69) is 15.4 Å². The standard InChI is InChI=1S/C18H21N5O3.C2HF3O2/c24-10-13-2-1-3-14(8-13)23-16-15(9-21-23)17(25)22(12-20-16)11-18(26)4-6-19-7-5-18;3-2(4,5)1(6)7/h1-3,8-9,12,19,24,26H,4-7,10-11H2;(H,6,7). The fourth-order valence-electron chi connectivity index (χ4n) is 3.40. The predicted octanol–water partition coefficient (Wildman–Crippen LogP) is 0.822. The molecule has 1 fully saturated rings. The van der Waals surface area contributed by atoms with Crippen LogP contribution in [0.25, 0.3) is 16.7 Å². The number of aliphatic carboxylic acids is 1. The monoisotopic (exact) mass is 469 g/mol. The van der Waals surface area contributed by atoms with Crippen molar-refractivity contribution in [3.05, 3.63) is 52.7 Å². The molecule has 0 atom stereocenters. The Kier molecular flexibility index (Phi) is 7.15. The smallest absolute Gasteiger partial charge is 0.475 e. The fraction of sp³-hybridized carbons (Fsp3) is 0.400. The minimum atomic E-state index is -5.08. The van der Waals surface area contributed by atoms with Gasteiger partial charge in [0.15, 0.2) is 5.65 Å². The van der Waals surface area contributed by atoms with Crippen LogP contribution >= 0.6 is 0 Å². The summed E-state index contributed by atoms with van der Waals surface area (Å²) in [7, 11) is 0. The lowest BCUT2D eigenvalue weighted by molar-refractivity contribution is -0.192. The molecule has 1 aromatic carbocycles. The van der Waals surface area contributed by atoms with Gasteiger partial charge in [0, 0.05) is 0 Å². The number of aliphatic hydroxyl groups excluding tert-OH is 1. The molecule has 3 aromatic rings. The Labute approximate surface area is 184 Å². The molecule has 0 bridgehead atoms. The first-order valence-electron chi connectivity index (χ1n) is 9.91. The Morgan fingerprint density at radius 3 is 2.52 bits per heavy atom. The summed E-state index contributed by atoms with van der Waals surface area (Å²) < 4.78 is 34.8. The molecule has 0 amide bonds. The van der Waals surface area contributed by atoms with Crippen LogP contribution in [0.15, 0.2) is 41.6 Å². The zero-order valence-corrected chi connectivity index (χ0v) is 17.3. The number of rotatable bonds is 4. The summed E-state index contributed by atoms with van der Waals surface area (Å²) in [5.41, 5.74) is 0.835. The second-order valence-corrected chi connectivity index (χ2v) is 7.58. The van der Waals surface area contributed by atoms with Crippen molar-refractivity contribution >= 4 is 17.0 Å². The highest BCUT2D eigenvalue weighted by Crippen LogP contribution is 2.20. The molecule has 0 spiro atoms. The van der Waals surface area contributed by atoms with E-state index in [0.717, 1.165) is 24.3 Å². The van der Waals surface area contributed by atoms with Crippen LogP contribution in [-0.2, 0) is 17.9 Å². The zero-order chi connectivity index (χ0) is 24.2. The van der Waals surface area contributed by atoms with E-state index in [1.54, 1.807) is 10.7 Å². The number of piperidine rings is 1. The highest BCUT2D eigenvalue weighted by molar-refractivity contribution is 5.75. The van der Waals surface area contributed by atoms with Crippen molar-refractivity contribution in [2.24, 2.45) is 0 Å². The van der Waals surface area contributed by atoms with Gasteiger partial charge in [-0.15, -0.1) is 0 Å². The summed E-state index contributed by atoms with van der Waals surface area (Å²) in [6.45, 7) is 1.63. The van der Waals surface area contributed by atoms with E-state index in [1.165, 1.54) is 17.1 Å². The predicted molar refractivity (Wildman–Crippen MR) is 110 cm³/mol. The van der Waals surface area contributed by atoms with Crippen molar-refractivity contribution in [1.82, 2.24) is 24.6 Å². The van der Waals surface area contributed by atoms with Gasteiger partial charge in [-0.3, -0.25) is 9.36 Å². The molecule has 10 nitrogen and oxygen atoms in total. The number of fused-ring (bicyclic) bond motifs is 1. The van der Waals surface area contributed by atoms with Gasteiger partial charge in [-0.2, -0.15) is 18.3 Å². The van der Waals surface area contributed by atoms with E-state index >= 15 is 0 Å². The van der Waals surface area contributed by atoms with E-state index in [0.29, 0.717) is 23.9 Å². The summed E-state index contributed by atoms with van der Waals surface area (Å²) >= 11 is 0. The molecule has 178 valence electrons. The zero-order valence-electron chi connectivity index (χ0n) is 17.3. The summed E-state index contributed by atoms with van der Waals surface area (Å²) in [6, 6.07) is 7.28. The van der Waals surface area contributed by atoms with E-state index in [4.69, 9.17) is 9.90 Å². The molecular formula is C20H22F3N5O5. The number of halogens is 3. The second-order valence-electron chi connectivity index (χ2n) is 7.58. The minimum absolute atomic E-state index is 0.0687. The van der Waals surface area contributed by atoms with Crippen molar-refractivity contribution < 1.29 is 33.3 Å². The quantitative estimate of drug-likeness (QED) is 0.440. The van der Waals surface area contributed by atoms with Crippen LogP contribution in [0.4, 0.5) is 13.2 Å². The molecule has 4 rings (SSSR count). The van der Waals surface area contributed by atoms with Gasteiger partial charge < -0.3 is 20.6 Å². The number of aliphatic hydroxyl groups is 2. The maximum Gasteiger partial charge on any atom is 0.490 e. The third kappa shape index (κ3) is 5.74. The molecule has 33 heavy (non-hydrogen) atoms. The van der Waals surface area contributed by atoms with Gasteiger partial charge in [0.25, 0.3) is 5.56 Å². The Bertz CT molecular complexity index is 1180. The van der Waals surface area contributed by atoms with Gasteiger partial charge in [-0.05, 0) is 43.6 Å². The first kappa shape index (κ1) is 24.4. The van der Waals surface area contributed by atoms with Crippen LogP contribution in [0.1, 0.15) is 18.4 Å². The third-order valence-electron chi connectivity index (χ3n) is 5.13. The third-order valence-corrected chi connectivity index (χ3v) is 5.13. The van der Waals surface area contributed by atoms with Crippen LogP contribution < -0.4 is 10.9 Å². The summed E-state index contributed by atoms with van der Waals surface area (Å²) in [6.07, 6.45) is -0.909. The highest BCUT2D eigenvalue weighted by Gasteiger charge is 2.38. The molecular weight excluding hydrogens is 447 g/mol. The molecule has 1 saturated heterocycles. The van der Waals surface area contributed by atoms with Crippen molar-refractivity contribution in [1.29, 1.82) is 0 Å². The number of carboxylic acid groups (broad SMARTS) is 1. The number of benzene rings is 1. The second kappa shape index (κ2) is 9.68. The number of carboxylic acids is 1. The molecule has 1 aliphatic rings. The fourth-order valence-corrected chi connectivity index (χ4v) is 3.40. The SMILES string of the molecule is O=C(O)C(F)(F)F.O=c1c2cnn(-c3cccc(CO)c3)c2ncn1CC1(O)CCNCC1. The van der Waals surface area contributed by atoms with E-state index in [-0.39, 0.29) is 18.7 Å². The topological polar surface area (TPSA) is 142 Å². The van der Waals surface area contributed by atoms with Gasteiger partial charge in [-0.25, -0.2) is 14.5 Å². The molecule has 4 N–H and O–H groups in total. The molecule has 0 saturated carbocycles. The number of alkyl halides is 3. The number of nitrogens with one attached hydrogen (secondary N) is 1. The van der Waals surface area contributed by atoms with Gasteiger partial charge in [0.2, 0.25) is 0 Å². The Morgan fingerprint density at radius 1 is 1.24 bits per heavy atom. The van der Waals surface area contributed by atoms with Crippen LogP contribution in [0.2, 0.25) is 0 Å². The lowest BCUT2D eigenvalue weighted by Crippen LogP contribution is -2.46. The first-order valence-corrected chi connectivity index (χ1v) is 9.91. The number of carbonyl (C=O) groups is 1. The molecule has 1 aliphatic heterocycles. The number of hydrogen-bond acceptors (Lipinski definition) is 7. The van der Waals surface area contributed by atoms with Gasteiger partial charge in [-0.1, -0.05) is 12.1 Å². The van der Waals surface area contributed by atoms with Crippen molar-refractivity contribution in [3.63, 3.8) is 0 Å². The minimum Gasteiger partial charge on any atom is -0.475 e. The van der Waals surface area contributed by atoms with Crippen LogP contribution in [0.5, 0.6) is 0 Å². The Hall–Kier alpha value is -3.29. The van der Waals surface area contributed by atoms with E-state index in [1.807, 2.05) is 18.2 Å². The van der Waals surface area contributed by atoms with Crippen LogP contribution in [0, 0.1) is 0 Å². The average molecular weight is 469 g/mol. The number of nitrogens with zero attached hydrogens (tertiary/aromatic N) is 4. The number of aromatic nitrogens is 4. The van der Waals surface area contributed by atoms with Crippen LogP contribution in [0.3, 0.4) is 0 Å². The van der Waals surface area contributed by atoms with Crippen molar-refractivity contribution in [2.75, 3.05) is 13.1 Å². The molecule has 13 heteroatoms. The first-order chi connectivity index (χ1) is 15.5. The van der Waals surface area contributed by atoms with Gasteiger partial charge in [0.1, 0.15) is 11.7 Å². The summed E-state index contributed by atoms with van der Waals surface area (Å²) in [5, 5.41) is 35.0. The summed E-state index contributed by atoms with van der Waals surface area (Å²) in [4.78, 5) is 26.1. The maximum absolute atomic E-state index is 12.8. The van der Waals surface area contributed by atoms with Crippen molar-refractivity contribution in [3.8, 4) is 5.69 Å². The summed E-state index contributed by atoms with van der Waals surface area (Å²) in [5.74, 6) is -2.76. The number of hydrogen-bond donors (Lipinski definition) is 4. The van der Waals surface area contributed by atoms with Gasteiger partial charge in [0.05, 0.1) is 30.6 Å². The Morgan fingerprint density at radius 2 is 1.91 bits per heavy atom. The molecule has 2 aromatic heterocycles. The molecule has 0 aliphatic carbocycles.